The van der Waals surface area contributed by atoms with E-state index in [2.05, 4.69) is 10.2 Å². The van der Waals surface area contributed by atoms with Crippen LogP contribution in [0.25, 0.3) is 16.9 Å². The van der Waals surface area contributed by atoms with E-state index in [-0.39, 0.29) is 11.5 Å². The first-order chi connectivity index (χ1) is 14.7. The number of ether oxygens (including phenoxy) is 1. The van der Waals surface area contributed by atoms with Crippen LogP contribution in [-0.2, 0) is 0 Å². The van der Waals surface area contributed by atoms with Gasteiger partial charge in [-0.25, -0.2) is 0 Å². The third-order valence-corrected chi connectivity index (χ3v) is 5.26. The molecule has 1 aromatic heterocycles. The van der Waals surface area contributed by atoms with Gasteiger partial charge in [-0.05, 0) is 60.2 Å². The maximum Gasteiger partial charge on any atom is 0.215 e. The molecule has 3 aromatic carbocycles. The quantitative estimate of drug-likeness (QED) is 0.284. The van der Waals surface area contributed by atoms with Gasteiger partial charge in [0.2, 0.25) is 4.80 Å². The van der Waals surface area contributed by atoms with Gasteiger partial charge < -0.3 is 14.9 Å². The van der Waals surface area contributed by atoms with E-state index in [1.165, 1.54) is 29.5 Å². The summed E-state index contributed by atoms with van der Waals surface area (Å²) in [5.41, 5.74) is 2.98. The monoisotopic (exact) mass is 417 g/mol. The SMILES string of the molecule is COc1ccc(/C=N/N=c2\scc(-c3cc(O)ccc3O)n2-c2ccccc2)cc1. The number of aromatic nitrogens is 1. The molecule has 0 saturated carbocycles. The average molecular weight is 417 g/mol. The highest BCUT2D eigenvalue weighted by molar-refractivity contribution is 7.07. The Hall–Kier alpha value is -3.84. The van der Waals surface area contributed by atoms with Crippen molar-refractivity contribution < 1.29 is 14.9 Å². The molecule has 0 aliphatic carbocycles. The molecule has 6 nitrogen and oxygen atoms in total. The van der Waals surface area contributed by atoms with Crippen molar-refractivity contribution in [3.8, 4) is 34.2 Å². The average Bonchev–Trinajstić information content (AvgIpc) is 3.20. The molecule has 0 atom stereocenters. The van der Waals surface area contributed by atoms with Crippen LogP contribution in [0.5, 0.6) is 17.2 Å². The van der Waals surface area contributed by atoms with Crippen LogP contribution in [0.2, 0.25) is 0 Å². The van der Waals surface area contributed by atoms with Crippen LogP contribution in [0.1, 0.15) is 5.56 Å². The summed E-state index contributed by atoms with van der Waals surface area (Å²) in [5.74, 6) is 0.924. The van der Waals surface area contributed by atoms with Crippen molar-refractivity contribution in [3.05, 3.63) is 88.5 Å². The zero-order valence-electron chi connectivity index (χ0n) is 16.1. The van der Waals surface area contributed by atoms with Gasteiger partial charge in [-0.2, -0.15) is 5.10 Å². The molecule has 2 N–H and O–H groups in total. The van der Waals surface area contributed by atoms with Gasteiger partial charge in [0, 0.05) is 16.6 Å². The number of benzene rings is 3. The summed E-state index contributed by atoms with van der Waals surface area (Å²) in [7, 11) is 1.62. The molecule has 1 heterocycles. The molecule has 7 heteroatoms. The Morgan fingerprint density at radius 3 is 2.47 bits per heavy atom. The predicted molar refractivity (Wildman–Crippen MR) is 119 cm³/mol. The molecule has 30 heavy (non-hydrogen) atoms. The Kier molecular flexibility index (Phi) is 5.63. The Morgan fingerprint density at radius 2 is 1.73 bits per heavy atom. The molecule has 0 aliphatic heterocycles. The number of aromatic hydroxyl groups is 2. The number of nitrogens with zero attached hydrogens (tertiary/aromatic N) is 3. The van der Waals surface area contributed by atoms with Crippen molar-refractivity contribution >= 4 is 17.6 Å². The largest absolute Gasteiger partial charge is 0.508 e. The van der Waals surface area contributed by atoms with Crippen molar-refractivity contribution in [3.63, 3.8) is 0 Å². The standard InChI is InChI=1S/C23H19N3O3S/c1-29-19-10-7-16(8-11-19)14-24-25-23-26(17-5-3-2-4-6-17)21(15-30-23)20-13-18(27)9-12-22(20)28/h2-15,27-28H,1H3/b24-14+,25-23-. The summed E-state index contributed by atoms with van der Waals surface area (Å²) < 4.78 is 7.06. The maximum atomic E-state index is 10.3. The second-order valence-corrected chi connectivity index (χ2v) is 7.23. The van der Waals surface area contributed by atoms with E-state index in [0.717, 1.165) is 17.0 Å². The minimum absolute atomic E-state index is 0.0727. The molecule has 0 radical (unpaired) electrons. The lowest BCUT2D eigenvalue weighted by Gasteiger charge is -2.10. The number of phenols is 2. The highest BCUT2D eigenvalue weighted by atomic mass is 32.1. The molecule has 4 rings (SSSR count). The second kappa shape index (κ2) is 8.67. The van der Waals surface area contributed by atoms with E-state index in [4.69, 9.17) is 4.74 Å². The summed E-state index contributed by atoms with van der Waals surface area (Å²) in [6, 6.07) is 21.6. The van der Waals surface area contributed by atoms with Crippen LogP contribution in [0.4, 0.5) is 0 Å². The summed E-state index contributed by atoms with van der Waals surface area (Å²) in [4.78, 5) is 0.628. The Morgan fingerprint density at radius 1 is 0.967 bits per heavy atom. The first kappa shape index (κ1) is 19.5. The van der Waals surface area contributed by atoms with Crippen molar-refractivity contribution in [2.24, 2.45) is 10.2 Å². The fourth-order valence-corrected chi connectivity index (χ4v) is 3.81. The first-order valence-corrected chi connectivity index (χ1v) is 10.0. The first-order valence-electron chi connectivity index (χ1n) is 9.15. The topological polar surface area (TPSA) is 79.3 Å². The fraction of sp³-hybridized carbons (Fsp3) is 0.0435. The molecule has 150 valence electrons. The van der Waals surface area contributed by atoms with Crippen molar-refractivity contribution in [1.29, 1.82) is 0 Å². The van der Waals surface area contributed by atoms with Crippen LogP contribution in [-0.4, -0.2) is 28.1 Å². The number of rotatable bonds is 5. The third-order valence-electron chi connectivity index (χ3n) is 4.44. The van der Waals surface area contributed by atoms with E-state index in [1.54, 1.807) is 13.3 Å². The molecule has 0 unspecified atom stereocenters. The molecular formula is C23H19N3O3S. The van der Waals surface area contributed by atoms with Gasteiger partial charge in [-0.1, -0.05) is 18.2 Å². The lowest BCUT2D eigenvalue weighted by atomic mass is 10.1. The van der Waals surface area contributed by atoms with Gasteiger partial charge in [0.05, 0.1) is 19.0 Å². The van der Waals surface area contributed by atoms with Gasteiger partial charge in [0.15, 0.2) is 0 Å². The molecule has 0 saturated heterocycles. The van der Waals surface area contributed by atoms with E-state index in [0.29, 0.717) is 16.1 Å². The highest BCUT2D eigenvalue weighted by Gasteiger charge is 2.14. The molecule has 0 bridgehead atoms. The summed E-state index contributed by atoms with van der Waals surface area (Å²) in [5, 5.41) is 30.8. The van der Waals surface area contributed by atoms with Crippen molar-refractivity contribution in [1.82, 2.24) is 4.57 Å². The minimum atomic E-state index is 0.0727. The van der Waals surface area contributed by atoms with E-state index >= 15 is 0 Å². The summed E-state index contributed by atoms with van der Waals surface area (Å²) in [6.07, 6.45) is 1.67. The van der Waals surface area contributed by atoms with Gasteiger partial charge in [0.25, 0.3) is 0 Å². The molecule has 0 amide bonds. The molecule has 4 aromatic rings. The van der Waals surface area contributed by atoms with Crippen LogP contribution < -0.4 is 9.54 Å². The predicted octanol–water partition coefficient (Wildman–Crippen LogP) is 4.56. The fourth-order valence-electron chi connectivity index (χ4n) is 2.96. The number of hydrogen-bond acceptors (Lipinski definition) is 6. The zero-order chi connectivity index (χ0) is 20.9. The summed E-state index contributed by atoms with van der Waals surface area (Å²) >= 11 is 1.39. The third kappa shape index (κ3) is 4.11. The number of hydrogen-bond donors (Lipinski definition) is 2. The van der Waals surface area contributed by atoms with Gasteiger partial charge in [-0.3, -0.25) is 4.57 Å². The van der Waals surface area contributed by atoms with Crippen LogP contribution in [0, 0.1) is 0 Å². The van der Waals surface area contributed by atoms with Crippen molar-refractivity contribution in [2.75, 3.05) is 7.11 Å². The number of methoxy groups -OCH3 is 1. The Balaban J connectivity index is 1.80. The molecule has 0 spiro atoms. The van der Waals surface area contributed by atoms with Gasteiger partial charge in [-0.15, -0.1) is 16.4 Å². The van der Waals surface area contributed by atoms with Crippen LogP contribution in [0.15, 0.2) is 88.4 Å². The number of para-hydroxylation sites is 1. The van der Waals surface area contributed by atoms with E-state index in [1.807, 2.05) is 64.5 Å². The normalized spacial score (nSPS) is 11.8. The number of thiazole rings is 1. The second-order valence-electron chi connectivity index (χ2n) is 6.39. The van der Waals surface area contributed by atoms with Crippen molar-refractivity contribution in [2.45, 2.75) is 0 Å². The van der Waals surface area contributed by atoms with Crippen LogP contribution >= 0.6 is 11.3 Å². The Labute approximate surface area is 177 Å². The number of phenolic OH excluding ortho intramolecular Hbond substituents is 2. The zero-order valence-corrected chi connectivity index (χ0v) is 17.0. The highest BCUT2D eigenvalue weighted by Crippen LogP contribution is 2.33. The van der Waals surface area contributed by atoms with E-state index < -0.39 is 0 Å². The smallest absolute Gasteiger partial charge is 0.215 e. The van der Waals surface area contributed by atoms with E-state index in [9.17, 15) is 10.2 Å². The Bertz CT molecular complexity index is 1240. The van der Waals surface area contributed by atoms with Gasteiger partial charge >= 0.3 is 0 Å². The molecule has 0 fully saturated rings. The molecular weight excluding hydrogens is 398 g/mol. The molecule has 0 aliphatic rings. The lowest BCUT2D eigenvalue weighted by molar-refractivity contribution is 0.415. The maximum absolute atomic E-state index is 10.3. The summed E-state index contributed by atoms with van der Waals surface area (Å²) in [6.45, 7) is 0. The lowest BCUT2D eigenvalue weighted by Crippen LogP contribution is -2.13. The minimum Gasteiger partial charge on any atom is -0.508 e. The van der Waals surface area contributed by atoms with Crippen LogP contribution in [0.3, 0.4) is 0 Å². The van der Waals surface area contributed by atoms with Gasteiger partial charge in [0.1, 0.15) is 17.2 Å².